The molecule has 5 heteroatoms. The first-order valence-corrected chi connectivity index (χ1v) is 10.5. The van der Waals surface area contributed by atoms with Crippen LogP contribution < -0.4 is 0 Å². The molecular formula is C28H16N2O3. The number of carbonyl (C=O) groups is 1. The summed E-state index contributed by atoms with van der Waals surface area (Å²) in [6.07, 6.45) is 0. The maximum absolute atomic E-state index is 13.3. The van der Waals surface area contributed by atoms with Crippen molar-refractivity contribution in [2.24, 2.45) is 0 Å². The van der Waals surface area contributed by atoms with E-state index in [4.69, 9.17) is 4.98 Å². The van der Waals surface area contributed by atoms with Crippen LogP contribution in [0.2, 0.25) is 0 Å². The minimum atomic E-state index is -0.428. The summed E-state index contributed by atoms with van der Waals surface area (Å²) in [5, 5.41) is 13.4. The molecule has 0 saturated carbocycles. The molecule has 0 atom stereocenters. The number of pyridine rings is 1. The topological polar surface area (TPSA) is 73.1 Å². The number of nitro groups is 1. The maximum atomic E-state index is 13.3. The predicted octanol–water partition coefficient (Wildman–Crippen LogP) is 6.69. The molecule has 33 heavy (non-hydrogen) atoms. The van der Waals surface area contributed by atoms with Gasteiger partial charge in [-0.15, -0.1) is 0 Å². The van der Waals surface area contributed by atoms with Crippen molar-refractivity contribution in [3.8, 4) is 33.6 Å². The summed E-state index contributed by atoms with van der Waals surface area (Å²) < 4.78 is 0. The molecule has 0 bridgehead atoms. The summed E-state index contributed by atoms with van der Waals surface area (Å²) in [7, 11) is 0. The normalized spacial score (nSPS) is 11.9. The van der Waals surface area contributed by atoms with E-state index in [1.165, 1.54) is 12.1 Å². The van der Waals surface area contributed by atoms with Gasteiger partial charge in [-0.2, -0.15) is 0 Å². The molecule has 4 aromatic carbocycles. The number of rotatable bonds is 3. The zero-order valence-corrected chi connectivity index (χ0v) is 17.4. The maximum Gasteiger partial charge on any atom is 0.269 e. The van der Waals surface area contributed by atoms with Crippen molar-refractivity contribution >= 4 is 22.2 Å². The van der Waals surface area contributed by atoms with Crippen molar-refractivity contribution in [1.29, 1.82) is 0 Å². The highest BCUT2D eigenvalue weighted by Gasteiger charge is 2.31. The lowest BCUT2D eigenvalue weighted by Gasteiger charge is -2.12. The second kappa shape index (κ2) is 7.21. The summed E-state index contributed by atoms with van der Waals surface area (Å²) in [6.45, 7) is 0. The van der Waals surface area contributed by atoms with Crippen LogP contribution in [0.3, 0.4) is 0 Å². The summed E-state index contributed by atoms with van der Waals surface area (Å²) >= 11 is 0. The average Bonchev–Trinajstić information content (AvgIpc) is 3.15. The number of hydrogen-bond acceptors (Lipinski definition) is 4. The highest BCUT2D eigenvalue weighted by Crippen LogP contribution is 2.42. The number of benzene rings is 4. The van der Waals surface area contributed by atoms with E-state index in [0.717, 1.165) is 38.7 Å². The third-order valence-electron chi connectivity index (χ3n) is 6.11. The van der Waals surface area contributed by atoms with Crippen molar-refractivity contribution in [1.82, 2.24) is 4.98 Å². The fourth-order valence-electron chi connectivity index (χ4n) is 4.48. The van der Waals surface area contributed by atoms with Crippen molar-refractivity contribution in [3.63, 3.8) is 0 Å². The molecule has 0 N–H and O–H groups in total. The van der Waals surface area contributed by atoms with Gasteiger partial charge in [0.05, 0.1) is 21.9 Å². The van der Waals surface area contributed by atoms with Crippen molar-refractivity contribution in [3.05, 3.63) is 118 Å². The van der Waals surface area contributed by atoms with Gasteiger partial charge in [0, 0.05) is 28.8 Å². The molecule has 0 amide bonds. The molecule has 0 saturated heterocycles. The Labute approximate surface area is 189 Å². The van der Waals surface area contributed by atoms with Crippen LogP contribution in [0.15, 0.2) is 97.1 Å². The summed E-state index contributed by atoms with van der Waals surface area (Å²) in [5.41, 5.74) is 5.77. The van der Waals surface area contributed by atoms with Crippen LogP contribution in [0, 0.1) is 10.1 Å². The Morgan fingerprint density at radius 3 is 2.09 bits per heavy atom. The van der Waals surface area contributed by atoms with Gasteiger partial charge in [-0.1, -0.05) is 60.7 Å². The molecule has 156 valence electrons. The number of non-ortho nitro benzene ring substituents is 1. The quantitative estimate of drug-likeness (QED) is 0.233. The number of ketones is 1. The third kappa shape index (κ3) is 3.02. The van der Waals surface area contributed by atoms with Gasteiger partial charge < -0.3 is 0 Å². The molecule has 1 aliphatic rings. The molecule has 0 spiro atoms. The van der Waals surface area contributed by atoms with E-state index in [9.17, 15) is 14.9 Å². The average molecular weight is 428 g/mol. The van der Waals surface area contributed by atoms with E-state index in [2.05, 4.69) is 24.3 Å². The molecule has 6 rings (SSSR count). The van der Waals surface area contributed by atoms with Crippen molar-refractivity contribution in [2.75, 3.05) is 0 Å². The zero-order valence-electron chi connectivity index (χ0n) is 17.4. The minimum absolute atomic E-state index is 0.00816. The van der Waals surface area contributed by atoms with Gasteiger partial charge in [-0.05, 0) is 46.2 Å². The minimum Gasteiger partial charge on any atom is -0.288 e. The summed E-state index contributed by atoms with van der Waals surface area (Å²) in [4.78, 5) is 29.0. The fourth-order valence-corrected chi connectivity index (χ4v) is 4.48. The molecule has 1 heterocycles. The predicted molar refractivity (Wildman–Crippen MR) is 128 cm³/mol. The van der Waals surface area contributed by atoms with E-state index in [0.29, 0.717) is 16.8 Å². The number of nitro benzene ring substituents is 1. The van der Waals surface area contributed by atoms with Crippen LogP contribution in [-0.2, 0) is 0 Å². The Hall–Kier alpha value is -4.64. The second-order valence-corrected chi connectivity index (χ2v) is 8.02. The second-order valence-electron chi connectivity index (χ2n) is 8.02. The fraction of sp³-hybridized carbons (Fsp3) is 0. The first-order valence-electron chi connectivity index (χ1n) is 10.5. The van der Waals surface area contributed by atoms with Gasteiger partial charge in [0.2, 0.25) is 0 Å². The highest BCUT2D eigenvalue weighted by atomic mass is 16.6. The first-order chi connectivity index (χ1) is 16.1. The van der Waals surface area contributed by atoms with E-state index in [-0.39, 0.29) is 11.5 Å². The molecule has 5 aromatic rings. The lowest BCUT2D eigenvalue weighted by Crippen LogP contribution is -2.00. The molecule has 1 aromatic heterocycles. The monoisotopic (exact) mass is 428 g/mol. The third-order valence-corrected chi connectivity index (χ3v) is 6.11. The van der Waals surface area contributed by atoms with Gasteiger partial charge in [0.1, 0.15) is 0 Å². The Kier molecular flexibility index (Phi) is 4.17. The number of hydrogen-bond donors (Lipinski definition) is 0. The van der Waals surface area contributed by atoms with Crippen molar-refractivity contribution < 1.29 is 9.72 Å². The van der Waals surface area contributed by atoms with Crippen molar-refractivity contribution in [2.45, 2.75) is 0 Å². The Balaban J connectivity index is 1.61. The summed E-state index contributed by atoms with van der Waals surface area (Å²) in [6, 6.07) is 30.0. The zero-order chi connectivity index (χ0) is 22.5. The SMILES string of the molecule is O=C1c2ccccc2-c2nc(-c3ccc4ccccc4c3)cc(-c3ccc([N+](=O)[O-])cc3)c21. The molecule has 0 aliphatic heterocycles. The highest BCUT2D eigenvalue weighted by molar-refractivity contribution is 6.24. The largest absolute Gasteiger partial charge is 0.288 e. The molecular weight excluding hydrogens is 412 g/mol. The van der Waals surface area contributed by atoms with Crippen LogP contribution in [-0.4, -0.2) is 15.7 Å². The Bertz CT molecular complexity index is 1600. The van der Waals surface area contributed by atoms with Gasteiger partial charge in [0.15, 0.2) is 5.78 Å². The van der Waals surface area contributed by atoms with Crippen LogP contribution in [0.25, 0.3) is 44.4 Å². The van der Waals surface area contributed by atoms with E-state index in [1.54, 1.807) is 12.1 Å². The number of nitrogens with zero attached hydrogens (tertiary/aromatic N) is 2. The van der Waals surface area contributed by atoms with E-state index in [1.807, 2.05) is 48.5 Å². The first kappa shape index (κ1) is 19.1. The van der Waals surface area contributed by atoms with Gasteiger partial charge in [-0.3, -0.25) is 14.9 Å². The number of fused-ring (bicyclic) bond motifs is 4. The van der Waals surface area contributed by atoms with E-state index < -0.39 is 4.92 Å². The number of carbonyl (C=O) groups excluding carboxylic acids is 1. The van der Waals surface area contributed by atoms with Crippen LogP contribution in [0.5, 0.6) is 0 Å². The number of aromatic nitrogens is 1. The van der Waals surface area contributed by atoms with Gasteiger partial charge in [-0.25, -0.2) is 4.98 Å². The Morgan fingerprint density at radius 1 is 0.667 bits per heavy atom. The van der Waals surface area contributed by atoms with Crippen LogP contribution in [0.1, 0.15) is 15.9 Å². The molecule has 5 nitrogen and oxygen atoms in total. The molecule has 1 aliphatic carbocycles. The molecule has 0 fully saturated rings. The van der Waals surface area contributed by atoms with Gasteiger partial charge in [0.25, 0.3) is 5.69 Å². The lowest BCUT2D eigenvalue weighted by atomic mass is 9.95. The van der Waals surface area contributed by atoms with Crippen LogP contribution in [0.4, 0.5) is 5.69 Å². The molecule has 0 radical (unpaired) electrons. The summed E-state index contributed by atoms with van der Waals surface area (Å²) in [5.74, 6) is -0.0773. The smallest absolute Gasteiger partial charge is 0.269 e. The Morgan fingerprint density at radius 2 is 1.33 bits per heavy atom. The van der Waals surface area contributed by atoms with E-state index >= 15 is 0 Å². The van der Waals surface area contributed by atoms with Gasteiger partial charge >= 0.3 is 0 Å². The lowest BCUT2D eigenvalue weighted by molar-refractivity contribution is -0.384. The molecule has 0 unspecified atom stereocenters. The standard InChI is InChI=1S/C28H16N2O3/c31-28-23-8-4-3-7-22(23)27-26(28)24(18-11-13-21(14-12-18)30(32)33)16-25(29-27)20-10-9-17-5-1-2-6-19(17)15-20/h1-16H. The van der Waals surface area contributed by atoms with Crippen LogP contribution >= 0.6 is 0 Å².